The molecule has 4 amide bonds. The van der Waals surface area contributed by atoms with E-state index in [0.29, 0.717) is 37.3 Å². The maximum Gasteiger partial charge on any atom is 0.272 e. The average Bonchev–Trinajstić information content (AvgIpc) is 3.76. The molecule has 2 atom stereocenters. The van der Waals surface area contributed by atoms with Gasteiger partial charge in [0.2, 0.25) is 5.91 Å². The van der Waals surface area contributed by atoms with Crippen molar-refractivity contribution in [3.8, 4) is 0 Å². The van der Waals surface area contributed by atoms with Crippen molar-refractivity contribution in [1.82, 2.24) is 30.0 Å². The molecule has 10 heteroatoms. The van der Waals surface area contributed by atoms with Crippen molar-refractivity contribution in [2.45, 2.75) is 59.0 Å². The van der Waals surface area contributed by atoms with E-state index in [9.17, 15) is 19.2 Å². The Morgan fingerprint density at radius 2 is 1.76 bits per heavy atom. The summed E-state index contributed by atoms with van der Waals surface area (Å²) in [4.78, 5) is 65.9. The largest absolute Gasteiger partial charge is 0.351 e. The van der Waals surface area contributed by atoms with Gasteiger partial charge in [-0.25, -0.2) is 0 Å². The smallest absolute Gasteiger partial charge is 0.272 e. The van der Waals surface area contributed by atoms with Crippen LogP contribution >= 0.6 is 0 Å². The summed E-state index contributed by atoms with van der Waals surface area (Å²) < 4.78 is 0. The van der Waals surface area contributed by atoms with Crippen LogP contribution in [-0.2, 0) is 4.79 Å². The summed E-state index contributed by atoms with van der Waals surface area (Å²) in [6.45, 7) is 10.5. The van der Waals surface area contributed by atoms with Crippen LogP contribution in [-0.4, -0.2) is 93.1 Å². The number of amides is 4. The number of H-pyrrole nitrogens is 1. The molecule has 0 spiro atoms. The third-order valence-corrected chi connectivity index (χ3v) is 8.30. The van der Waals surface area contributed by atoms with Gasteiger partial charge in [0.25, 0.3) is 17.7 Å². The highest BCUT2D eigenvalue weighted by molar-refractivity contribution is 6.00. The minimum atomic E-state index is -0.761. The maximum atomic E-state index is 14.0. The Hall–Kier alpha value is -4.21. The lowest BCUT2D eigenvalue weighted by Gasteiger charge is -2.37. The van der Waals surface area contributed by atoms with Gasteiger partial charge in [-0.1, -0.05) is 39.0 Å². The number of hydrogen-bond acceptors (Lipinski definition) is 5. The highest BCUT2D eigenvalue weighted by Gasteiger charge is 2.40. The van der Waals surface area contributed by atoms with E-state index in [0.717, 1.165) is 36.8 Å². The average molecular weight is 573 g/mol. The van der Waals surface area contributed by atoms with Crippen LogP contribution < -0.4 is 5.32 Å². The normalized spacial score (nSPS) is 17.9. The maximum absolute atomic E-state index is 14.0. The molecule has 2 aliphatic heterocycles. The van der Waals surface area contributed by atoms with E-state index in [2.05, 4.69) is 15.3 Å². The van der Waals surface area contributed by atoms with Crippen LogP contribution in [0.1, 0.15) is 78.3 Å². The molecule has 10 nitrogen and oxygen atoms in total. The number of likely N-dealkylation sites (N-methyl/N-ethyl adjacent to an activating group) is 1. The van der Waals surface area contributed by atoms with Gasteiger partial charge in [0.1, 0.15) is 17.4 Å². The van der Waals surface area contributed by atoms with Gasteiger partial charge in [-0.2, -0.15) is 0 Å². The van der Waals surface area contributed by atoms with Crippen LogP contribution in [0.4, 0.5) is 0 Å². The molecule has 3 aromatic rings. The number of hydrogen-bond donors (Lipinski definition) is 2. The van der Waals surface area contributed by atoms with E-state index in [-0.39, 0.29) is 35.4 Å². The van der Waals surface area contributed by atoms with Gasteiger partial charge >= 0.3 is 0 Å². The van der Waals surface area contributed by atoms with Crippen molar-refractivity contribution in [3.05, 3.63) is 65.6 Å². The van der Waals surface area contributed by atoms with E-state index in [1.807, 2.05) is 56.9 Å². The summed E-state index contributed by atoms with van der Waals surface area (Å²) in [5.74, 6) is -0.781. The fourth-order valence-electron chi connectivity index (χ4n) is 5.91. The van der Waals surface area contributed by atoms with Crippen molar-refractivity contribution < 1.29 is 19.2 Å². The number of nitrogens with one attached hydrogen (secondary N) is 2. The zero-order valence-corrected chi connectivity index (χ0v) is 24.9. The Morgan fingerprint density at radius 1 is 1.02 bits per heavy atom. The number of nitrogens with zero attached hydrogens (tertiary/aromatic N) is 4. The summed E-state index contributed by atoms with van der Waals surface area (Å²) in [6, 6.07) is 11.8. The first-order valence-corrected chi connectivity index (χ1v) is 14.8. The Morgan fingerprint density at radius 3 is 2.40 bits per heavy atom. The molecule has 0 bridgehead atoms. The highest BCUT2D eigenvalue weighted by Crippen LogP contribution is 2.26. The molecule has 0 radical (unpaired) electrons. The van der Waals surface area contributed by atoms with Crippen molar-refractivity contribution in [3.63, 3.8) is 0 Å². The Balaban J connectivity index is 1.25. The molecule has 2 aromatic heterocycles. The topological polar surface area (TPSA) is 119 Å². The number of pyridine rings is 1. The SMILES string of the molecule is CCN(C(=O)C(NC(=O)c1cc2ccccc2[nH]1)C(C)(C)C)C1CCN(C(=O)c2ccc(C(=O)N3CCCC3)cn2)C1. The minimum Gasteiger partial charge on any atom is -0.351 e. The first kappa shape index (κ1) is 29.3. The molecule has 0 aliphatic carbocycles. The zero-order chi connectivity index (χ0) is 30.0. The second kappa shape index (κ2) is 12.0. The third-order valence-electron chi connectivity index (χ3n) is 8.30. The van der Waals surface area contributed by atoms with E-state index < -0.39 is 11.5 Å². The molecule has 2 unspecified atom stereocenters. The lowest BCUT2D eigenvalue weighted by Crippen LogP contribution is -2.57. The molecule has 1 aromatic carbocycles. The van der Waals surface area contributed by atoms with E-state index in [4.69, 9.17) is 0 Å². The van der Waals surface area contributed by atoms with Gasteiger partial charge in [-0.05, 0) is 55.9 Å². The van der Waals surface area contributed by atoms with Gasteiger partial charge in [-0.15, -0.1) is 0 Å². The van der Waals surface area contributed by atoms with Gasteiger partial charge in [0.05, 0.1) is 11.6 Å². The van der Waals surface area contributed by atoms with Crippen LogP contribution in [0.5, 0.6) is 0 Å². The number of para-hydroxylation sites is 1. The molecule has 0 saturated carbocycles. The predicted octanol–water partition coefficient (Wildman–Crippen LogP) is 3.71. The molecular formula is C32H40N6O4. The molecule has 2 N–H and O–H groups in total. The van der Waals surface area contributed by atoms with Crippen LogP contribution in [0, 0.1) is 5.41 Å². The minimum absolute atomic E-state index is 0.0534. The van der Waals surface area contributed by atoms with Gasteiger partial charge < -0.3 is 25.0 Å². The molecule has 222 valence electrons. The quantitative estimate of drug-likeness (QED) is 0.448. The number of aromatic nitrogens is 2. The molecule has 2 fully saturated rings. The standard InChI is InChI=1S/C32H40N6O4/c1-5-38(31(42)27(32(2,3)4)35-28(39)26-18-21-10-6-7-11-24(21)34-26)23-14-17-37(20-23)30(41)25-13-12-22(19-33-25)29(40)36-15-8-9-16-36/h6-7,10-13,18-19,23,27,34H,5,8-9,14-17,20H2,1-4H3,(H,35,39). The highest BCUT2D eigenvalue weighted by atomic mass is 16.2. The van der Waals surface area contributed by atoms with Crippen LogP contribution in [0.15, 0.2) is 48.7 Å². The zero-order valence-electron chi connectivity index (χ0n) is 24.9. The number of carbonyl (C=O) groups is 4. The first-order chi connectivity index (χ1) is 20.1. The fourth-order valence-corrected chi connectivity index (χ4v) is 5.91. The number of carbonyl (C=O) groups excluding carboxylic acids is 4. The lowest BCUT2D eigenvalue weighted by molar-refractivity contribution is -0.137. The summed E-state index contributed by atoms with van der Waals surface area (Å²) in [7, 11) is 0. The predicted molar refractivity (Wildman–Crippen MR) is 160 cm³/mol. The second-order valence-electron chi connectivity index (χ2n) is 12.3. The Kier molecular flexibility index (Phi) is 8.34. The molecule has 42 heavy (non-hydrogen) atoms. The van der Waals surface area contributed by atoms with Gasteiger partial charge in [-0.3, -0.25) is 24.2 Å². The van der Waals surface area contributed by atoms with E-state index in [1.165, 1.54) is 6.20 Å². The third kappa shape index (κ3) is 6.03. The van der Waals surface area contributed by atoms with Crippen LogP contribution in [0.25, 0.3) is 10.9 Å². The number of rotatable bonds is 7. The fraction of sp³-hybridized carbons (Fsp3) is 0.469. The van der Waals surface area contributed by atoms with Crippen LogP contribution in [0.3, 0.4) is 0 Å². The second-order valence-corrected chi connectivity index (χ2v) is 12.3. The van der Waals surface area contributed by atoms with Crippen molar-refractivity contribution in [1.29, 1.82) is 0 Å². The summed E-state index contributed by atoms with van der Waals surface area (Å²) in [5, 5.41) is 3.91. The van der Waals surface area contributed by atoms with Crippen molar-refractivity contribution in [2.24, 2.45) is 5.41 Å². The number of fused-ring (bicyclic) bond motifs is 1. The van der Waals surface area contributed by atoms with Gasteiger partial charge in [0, 0.05) is 49.8 Å². The first-order valence-electron chi connectivity index (χ1n) is 14.8. The van der Waals surface area contributed by atoms with E-state index >= 15 is 0 Å². The van der Waals surface area contributed by atoms with Crippen molar-refractivity contribution in [2.75, 3.05) is 32.7 Å². The number of likely N-dealkylation sites (tertiary alicyclic amines) is 2. The summed E-state index contributed by atoms with van der Waals surface area (Å²) >= 11 is 0. The molecule has 2 aliphatic rings. The Labute approximate surface area is 246 Å². The summed E-state index contributed by atoms with van der Waals surface area (Å²) in [6.07, 6.45) is 4.13. The lowest BCUT2D eigenvalue weighted by atomic mass is 9.85. The summed E-state index contributed by atoms with van der Waals surface area (Å²) in [5.41, 5.74) is 1.48. The monoisotopic (exact) mass is 572 g/mol. The van der Waals surface area contributed by atoms with Crippen LogP contribution in [0.2, 0.25) is 0 Å². The van der Waals surface area contributed by atoms with Crippen molar-refractivity contribution >= 4 is 34.5 Å². The molecule has 2 saturated heterocycles. The number of aromatic amines is 1. The van der Waals surface area contributed by atoms with E-state index in [1.54, 1.807) is 28.0 Å². The molecule has 4 heterocycles. The number of benzene rings is 1. The molecule has 5 rings (SSSR count). The Bertz CT molecular complexity index is 1440. The van der Waals surface area contributed by atoms with Gasteiger partial charge in [0.15, 0.2) is 0 Å². The molecular weight excluding hydrogens is 532 g/mol.